The first-order chi connectivity index (χ1) is 16.8. The lowest BCUT2D eigenvalue weighted by molar-refractivity contribution is -0.118. The smallest absolute Gasteiger partial charge is 0.262 e. The number of carbonyl (C=O) groups is 1. The Labute approximate surface area is 201 Å². The molecule has 0 saturated heterocycles. The topological polar surface area (TPSA) is 87.0 Å². The number of aryl methyl sites for hydroxylation is 2. The van der Waals surface area contributed by atoms with Crippen molar-refractivity contribution in [1.29, 1.82) is 0 Å². The second-order valence-electron chi connectivity index (χ2n) is 7.91. The Morgan fingerprint density at radius 1 is 0.971 bits per heavy atom. The summed E-state index contributed by atoms with van der Waals surface area (Å²) in [5.74, 6) is -0.299. The third-order valence-corrected chi connectivity index (χ3v) is 5.61. The van der Waals surface area contributed by atoms with Crippen molar-refractivity contribution in [2.24, 2.45) is 0 Å². The summed E-state index contributed by atoms with van der Waals surface area (Å²) in [6.45, 7) is 3.27. The SMILES string of the molecule is COc1ccc(-c2oc3cc(C)c(C)cc3c(=O)c2OCC(=O)Nc2ccccc2F)cc1OC. The van der Waals surface area contributed by atoms with Crippen molar-refractivity contribution in [1.82, 2.24) is 0 Å². The molecule has 0 bridgehead atoms. The van der Waals surface area contributed by atoms with E-state index in [-0.39, 0.29) is 17.2 Å². The van der Waals surface area contributed by atoms with E-state index >= 15 is 0 Å². The summed E-state index contributed by atoms with van der Waals surface area (Å²) in [6, 6.07) is 14.3. The van der Waals surface area contributed by atoms with Gasteiger partial charge in [-0.1, -0.05) is 12.1 Å². The maximum absolute atomic E-state index is 13.9. The molecule has 0 unspecified atom stereocenters. The molecule has 0 aliphatic carbocycles. The highest BCUT2D eigenvalue weighted by Crippen LogP contribution is 2.37. The minimum atomic E-state index is -0.632. The largest absolute Gasteiger partial charge is 0.493 e. The number of benzene rings is 3. The Morgan fingerprint density at radius 2 is 1.69 bits per heavy atom. The minimum Gasteiger partial charge on any atom is -0.493 e. The number of halogens is 1. The van der Waals surface area contributed by atoms with Gasteiger partial charge < -0.3 is 23.9 Å². The number of fused-ring (bicyclic) bond motifs is 1. The molecule has 1 heterocycles. The number of ether oxygens (including phenoxy) is 3. The minimum absolute atomic E-state index is 0.0119. The monoisotopic (exact) mass is 477 g/mol. The summed E-state index contributed by atoms with van der Waals surface area (Å²) >= 11 is 0. The highest BCUT2D eigenvalue weighted by atomic mass is 19.1. The molecule has 35 heavy (non-hydrogen) atoms. The molecule has 0 saturated carbocycles. The normalized spacial score (nSPS) is 10.8. The van der Waals surface area contributed by atoms with Crippen molar-refractivity contribution in [2.45, 2.75) is 13.8 Å². The van der Waals surface area contributed by atoms with Crippen LogP contribution >= 0.6 is 0 Å². The molecule has 7 nitrogen and oxygen atoms in total. The third-order valence-electron chi connectivity index (χ3n) is 5.61. The van der Waals surface area contributed by atoms with Gasteiger partial charge in [0.25, 0.3) is 5.91 Å². The van der Waals surface area contributed by atoms with Crippen molar-refractivity contribution < 1.29 is 27.8 Å². The van der Waals surface area contributed by atoms with E-state index < -0.39 is 23.8 Å². The molecule has 0 aliphatic rings. The third kappa shape index (κ3) is 4.82. The lowest BCUT2D eigenvalue weighted by Gasteiger charge is -2.14. The Morgan fingerprint density at radius 3 is 2.40 bits per heavy atom. The number of methoxy groups -OCH3 is 2. The molecule has 8 heteroatoms. The predicted molar refractivity (Wildman–Crippen MR) is 131 cm³/mol. The number of rotatable bonds is 7. The zero-order chi connectivity index (χ0) is 25.1. The van der Waals surface area contributed by atoms with Crippen molar-refractivity contribution in [2.75, 3.05) is 26.1 Å². The molecular formula is C27H24FNO6. The summed E-state index contributed by atoms with van der Waals surface area (Å²) < 4.78 is 36.4. The highest BCUT2D eigenvalue weighted by Gasteiger charge is 2.21. The van der Waals surface area contributed by atoms with Gasteiger partial charge in [-0.3, -0.25) is 9.59 Å². The molecule has 3 aromatic carbocycles. The van der Waals surface area contributed by atoms with Crippen molar-refractivity contribution in [3.8, 4) is 28.6 Å². The van der Waals surface area contributed by atoms with Crippen LogP contribution in [-0.2, 0) is 4.79 Å². The Hall–Kier alpha value is -4.33. The fourth-order valence-electron chi connectivity index (χ4n) is 3.62. The highest BCUT2D eigenvalue weighted by molar-refractivity contribution is 5.92. The number of amides is 1. The number of carbonyl (C=O) groups excluding carboxylic acids is 1. The van der Waals surface area contributed by atoms with Gasteiger partial charge in [-0.15, -0.1) is 0 Å². The van der Waals surface area contributed by atoms with E-state index in [9.17, 15) is 14.0 Å². The van der Waals surface area contributed by atoms with E-state index in [4.69, 9.17) is 18.6 Å². The molecule has 1 aromatic heterocycles. The van der Waals surface area contributed by atoms with Crippen molar-refractivity contribution >= 4 is 22.6 Å². The lowest BCUT2D eigenvalue weighted by Crippen LogP contribution is -2.23. The number of nitrogens with one attached hydrogen (secondary N) is 1. The quantitative estimate of drug-likeness (QED) is 0.391. The van der Waals surface area contributed by atoms with Crippen LogP contribution in [0.15, 0.2) is 63.8 Å². The van der Waals surface area contributed by atoms with Gasteiger partial charge in [0, 0.05) is 5.56 Å². The molecule has 0 aliphatic heterocycles. The molecule has 0 spiro atoms. The van der Waals surface area contributed by atoms with Gasteiger partial charge in [0.15, 0.2) is 23.9 Å². The molecule has 4 aromatic rings. The molecule has 0 atom stereocenters. The van der Waals surface area contributed by atoms with Crippen molar-refractivity contribution in [3.05, 3.63) is 81.8 Å². The van der Waals surface area contributed by atoms with Crippen LogP contribution in [0.4, 0.5) is 10.1 Å². The molecule has 0 fully saturated rings. The Balaban J connectivity index is 1.78. The van der Waals surface area contributed by atoms with E-state index in [1.807, 2.05) is 13.8 Å². The van der Waals surface area contributed by atoms with Crippen LogP contribution < -0.4 is 25.0 Å². The van der Waals surface area contributed by atoms with E-state index in [0.29, 0.717) is 28.0 Å². The lowest BCUT2D eigenvalue weighted by atomic mass is 10.0. The van der Waals surface area contributed by atoms with Gasteiger partial charge in [-0.05, 0) is 67.4 Å². The van der Waals surface area contributed by atoms with Crippen LogP contribution in [0.3, 0.4) is 0 Å². The van der Waals surface area contributed by atoms with Crippen LogP contribution in [-0.4, -0.2) is 26.7 Å². The average Bonchev–Trinajstić information content (AvgIpc) is 2.85. The summed E-state index contributed by atoms with van der Waals surface area (Å²) in [5.41, 5.74) is 2.31. The maximum Gasteiger partial charge on any atom is 0.262 e. The van der Waals surface area contributed by atoms with Crippen LogP contribution in [0.5, 0.6) is 17.2 Å². The first-order valence-electron chi connectivity index (χ1n) is 10.8. The van der Waals surface area contributed by atoms with Crippen LogP contribution in [0, 0.1) is 19.7 Å². The van der Waals surface area contributed by atoms with E-state index in [0.717, 1.165) is 11.1 Å². The first-order valence-corrected chi connectivity index (χ1v) is 10.8. The number of hydrogen-bond acceptors (Lipinski definition) is 6. The second kappa shape index (κ2) is 9.89. The summed E-state index contributed by atoms with van der Waals surface area (Å²) in [4.78, 5) is 25.9. The standard InChI is InChI=1S/C27H24FNO6/c1-15-11-18-22(12-16(15)2)35-26(17-9-10-21(32-3)23(13-17)33-4)27(25(18)31)34-14-24(30)29-20-8-6-5-7-19(20)28/h5-13H,14H2,1-4H3,(H,29,30). The fourth-order valence-corrected chi connectivity index (χ4v) is 3.62. The van der Waals surface area contributed by atoms with E-state index in [2.05, 4.69) is 5.32 Å². The molecule has 1 amide bonds. The predicted octanol–water partition coefficient (Wildman–Crippen LogP) is 5.25. The maximum atomic E-state index is 13.9. The Bertz CT molecular complexity index is 1480. The van der Waals surface area contributed by atoms with Crippen molar-refractivity contribution in [3.63, 3.8) is 0 Å². The van der Waals surface area contributed by atoms with Gasteiger partial charge in [0.2, 0.25) is 11.2 Å². The Kier molecular flexibility index (Phi) is 6.73. The molecule has 4 rings (SSSR count). The molecule has 0 radical (unpaired) electrons. The summed E-state index contributed by atoms with van der Waals surface area (Å²) in [6.07, 6.45) is 0. The zero-order valence-electron chi connectivity index (χ0n) is 19.7. The fraction of sp³-hybridized carbons (Fsp3) is 0.185. The van der Waals surface area contributed by atoms with Gasteiger partial charge in [-0.2, -0.15) is 0 Å². The average molecular weight is 477 g/mol. The molecule has 180 valence electrons. The number of anilines is 1. The first kappa shape index (κ1) is 23.8. The van der Waals surface area contributed by atoms with Crippen LogP contribution in [0.1, 0.15) is 11.1 Å². The van der Waals surface area contributed by atoms with Gasteiger partial charge in [0.05, 0.1) is 25.3 Å². The molecule has 1 N–H and O–H groups in total. The zero-order valence-corrected chi connectivity index (χ0v) is 19.7. The van der Waals surface area contributed by atoms with Crippen LogP contribution in [0.25, 0.3) is 22.3 Å². The number of hydrogen-bond donors (Lipinski definition) is 1. The van der Waals surface area contributed by atoms with E-state index in [1.54, 1.807) is 36.4 Å². The van der Waals surface area contributed by atoms with Gasteiger partial charge in [-0.25, -0.2) is 4.39 Å². The second-order valence-corrected chi connectivity index (χ2v) is 7.91. The van der Waals surface area contributed by atoms with E-state index in [1.165, 1.54) is 32.4 Å². The van der Waals surface area contributed by atoms with Gasteiger partial charge in [0.1, 0.15) is 11.4 Å². The number of para-hydroxylation sites is 1. The molecular weight excluding hydrogens is 453 g/mol. The summed E-state index contributed by atoms with van der Waals surface area (Å²) in [7, 11) is 3.01. The van der Waals surface area contributed by atoms with Crippen LogP contribution in [0.2, 0.25) is 0 Å². The summed E-state index contributed by atoms with van der Waals surface area (Å²) in [5, 5.41) is 2.76. The van der Waals surface area contributed by atoms with Gasteiger partial charge >= 0.3 is 0 Å².